The molecule has 0 spiro atoms. The molecule has 2 heteroatoms. The van der Waals surface area contributed by atoms with Crippen molar-refractivity contribution < 1.29 is 0 Å². The van der Waals surface area contributed by atoms with Gasteiger partial charge in [-0.05, 0) is 23.6 Å². The van der Waals surface area contributed by atoms with Gasteiger partial charge in [0.15, 0.2) is 0 Å². The lowest BCUT2D eigenvalue weighted by atomic mass is 10.1. The third-order valence-corrected chi connectivity index (χ3v) is 3.52. The van der Waals surface area contributed by atoms with Crippen LogP contribution in [0.5, 0.6) is 0 Å². The molecule has 0 radical (unpaired) electrons. The van der Waals surface area contributed by atoms with Crippen molar-refractivity contribution in [3.8, 4) is 0 Å². The standard InChI is InChI=1S/C16H12N2/c17-11-6-8-15-14(9-11)13-7-5-10-3-1-2-4-12(10)16(13)18-15/h1-9,18H,17H2. The van der Waals surface area contributed by atoms with Crippen molar-refractivity contribution in [3.63, 3.8) is 0 Å². The Hall–Kier alpha value is -2.48. The molecule has 2 nitrogen and oxygen atoms in total. The fraction of sp³-hybridized carbons (Fsp3) is 0. The first-order valence-corrected chi connectivity index (χ1v) is 6.01. The van der Waals surface area contributed by atoms with E-state index in [1.807, 2.05) is 18.2 Å². The first-order valence-electron chi connectivity index (χ1n) is 6.01. The zero-order chi connectivity index (χ0) is 12.1. The minimum absolute atomic E-state index is 0.802. The summed E-state index contributed by atoms with van der Waals surface area (Å²) in [5, 5.41) is 4.93. The van der Waals surface area contributed by atoms with Crippen molar-refractivity contribution in [1.82, 2.24) is 4.98 Å². The van der Waals surface area contributed by atoms with E-state index in [9.17, 15) is 0 Å². The van der Waals surface area contributed by atoms with Crippen LogP contribution in [-0.2, 0) is 0 Å². The molecular formula is C16H12N2. The van der Waals surface area contributed by atoms with Gasteiger partial charge in [-0.2, -0.15) is 0 Å². The van der Waals surface area contributed by atoms with Crippen molar-refractivity contribution in [1.29, 1.82) is 0 Å². The molecule has 4 rings (SSSR count). The highest BCUT2D eigenvalue weighted by Crippen LogP contribution is 2.31. The van der Waals surface area contributed by atoms with Crippen molar-refractivity contribution in [2.24, 2.45) is 0 Å². The number of hydrogen-bond acceptors (Lipinski definition) is 1. The highest BCUT2D eigenvalue weighted by atomic mass is 14.7. The molecule has 0 saturated carbocycles. The van der Waals surface area contributed by atoms with Gasteiger partial charge in [-0.3, -0.25) is 0 Å². The summed E-state index contributed by atoms with van der Waals surface area (Å²) >= 11 is 0. The van der Waals surface area contributed by atoms with E-state index < -0.39 is 0 Å². The third-order valence-electron chi connectivity index (χ3n) is 3.52. The van der Waals surface area contributed by atoms with E-state index in [1.165, 1.54) is 27.1 Å². The van der Waals surface area contributed by atoms with E-state index in [2.05, 4.69) is 41.4 Å². The molecule has 3 N–H and O–H groups in total. The Morgan fingerprint density at radius 3 is 2.61 bits per heavy atom. The van der Waals surface area contributed by atoms with Crippen molar-refractivity contribution in [3.05, 3.63) is 54.6 Å². The highest BCUT2D eigenvalue weighted by Gasteiger charge is 2.07. The van der Waals surface area contributed by atoms with E-state index in [0.717, 1.165) is 11.2 Å². The molecule has 0 aliphatic heterocycles. The normalized spacial score (nSPS) is 11.6. The van der Waals surface area contributed by atoms with Gasteiger partial charge in [0, 0.05) is 27.4 Å². The number of nitrogens with one attached hydrogen (secondary N) is 1. The molecular weight excluding hydrogens is 220 g/mol. The van der Waals surface area contributed by atoms with E-state index in [1.54, 1.807) is 0 Å². The van der Waals surface area contributed by atoms with E-state index >= 15 is 0 Å². The molecule has 0 bridgehead atoms. The largest absolute Gasteiger partial charge is 0.399 e. The Bertz CT molecular complexity index is 887. The number of nitrogen functional groups attached to an aromatic ring is 1. The van der Waals surface area contributed by atoms with Gasteiger partial charge >= 0.3 is 0 Å². The summed E-state index contributed by atoms with van der Waals surface area (Å²) in [4.78, 5) is 3.49. The van der Waals surface area contributed by atoms with Gasteiger partial charge in [-0.25, -0.2) is 0 Å². The summed E-state index contributed by atoms with van der Waals surface area (Å²) in [6.07, 6.45) is 0. The van der Waals surface area contributed by atoms with Gasteiger partial charge in [0.2, 0.25) is 0 Å². The minimum Gasteiger partial charge on any atom is -0.399 e. The minimum atomic E-state index is 0.802. The number of rotatable bonds is 0. The van der Waals surface area contributed by atoms with Crippen LogP contribution in [0, 0.1) is 0 Å². The molecule has 3 aromatic carbocycles. The zero-order valence-corrected chi connectivity index (χ0v) is 9.77. The molecule has 1 heterocycles. The number of hydrogen-bond donors (Lipinski definition) is 2. The molecule has 18 heavy (non-hydrogen) atoms. The van der Waals surface area contributed by atoms with Crippen molar-refractivity contribution >= 4 is 38.3 Å². The third kappa shape index (κ3) is 1.17. The second kappa shape index (κ2) is 3.26. The van der Waals surface area contributed by atoms with Crippen LogP contribution in [0.25, 0.3) is 32.6 Å². The molecule has 0 atom stereocenters. The Labute approximate surface area is 104 Å². The number of H-pyrrole nitrogens is 1. The van der Waals surface area contributed by atoms with Gasteiger partial charge in [0.25, 0.3) is 0 Å². The SMILES string of the molecule is Nc1ccc2[nH]c3c4ccccc4ccc3c2c1. The van der Waals surface area contributed by atoms with Crippen LogP contribution < -0.4 is 5.73 Å². The molecule has 0 fully saturated rings. The molecule has 0 unspecified atom stereocenters. The van der Waals surface area contributed by atoms with Gasteiger partial charge in [0.05, 0.1) is 5.52 Å². The highest BCUT2D eigenvalue weighted by molar-refractivity contribution is 6.17. The fourth-order valence-electron chi connectivity index (χ4n) is 2.66. The summed E-state index contributed by atoms with van der Waals surface area (Å²) in [5.41, 5.74) is 9.00. The average molecular weight is 232 g/mol. The molecule has 0 saturated heterocycles. The van der Waals surface area contributed by atoms with Crippen LogP contribution in [0.15, 0.2) is 54.6 Å². The molecule has 4 aromatic rings. The summed E-state index contributed by atoms with van der Waals surface area (Å²) in [6.45, 7) is 0. The van der Waals surface area contributed by atoms with E-state index in [-0.39, 0.29) is 0 Å². The number of anilines is 1. The monoisotopic (exact) mass is 232 g/mol. The summed E-state index contributed by atoms with van der Waals surface area (Å²) < 4.78 is 0. The number of fused-ring (bicyclic) bond motifs is 5. The zero-order valence-electron chi connectivity index (χ0n) is 9.77. The van der Waals surface area contributed by atoms with E-state index in [4.69, 9.17) is 5.73 Å². The molecule has 0 aliphatic rings. The topological polar surface area (TPSA) is 41.8 Å². The Balaban J connectivity index is 2.30. The lowest BCUT2D eigenvalue weighted by Gasteiger charge is -1.98. The maximum Gasteiger partial charge on any atom is 0.0544 e. The first-order chi connectivity index (χ1) is 8.83. The second-order valence-corrected chi connectivity index (χ2v) is 4.64. The first kappa shape index (κ1) is 9.54. The summed E-state index contributed by atoms with van der Waals surface area (Å²) in [6, 6.07) is 18.7. The number of nitrogens with two attached hydrogens (primary N) is 1. The molecule has 0 amide bonds. The lowest BCUT2D eigenvalue weighted by molar-refractivity contribution is 1.56. The van der Waals surface area contributed by atoms with Crippen LogP contribution in [0.2, 0.25) is 0 Å². The van der Waals surface area contributed by atoms with E-state index in [0.29, 0.717) is 0 Å². The van der Waals surface area contributed by atoms with Crippen LogP contribution in [-0.4, -0.2) is 4.98 Å². The van der Waals surface area contributed by atoms with Crippen LogP contribution in [0.4, 0.5) is 5.69 Å². The fourth-order valence-corrected chi connectivity index (χ4v) is 2.66. The predicted octanol–water partition coefficient (Wildman–Crippen LogP) is 4.06. The Morgan fingerprint density at radius 1 is 0.778 bits per heavy atom. The molecule has 86 valence electrons. The second-order valence-electron chi connectivity index (χ2n) is 4.64. The summed E-state index contributed by atoms with van der Waals surface area (Å²) in [7, 11) is 0. The summed E-state index contributed by atoms with van der Waals surface area (Å²) in [5.74, 6) is 0. The van der Waals surface area contributed by atoms with Crippen LogP contribution in [0.3, 0.4) is 0 Å². The molecule has 1 aromatic heterocycles. The number of benzene rings is 3. The van der Waals surface area contributed by atoms with Gasteiger partial charge in [0.1, 0.15) is 0 Å². The van der Waals surface area contributed by atoms with Crippen LogP contribution >= 0.6 is 0 Å². The Morgan fingerprint density at radius 2 is 1.67 bits per heavy atom. The maximum atomic E-state index is 5.87. The maximum absolute atomic E-state index is 5.87. The quantitative estimate of drug-likeness (QED) is 0.441. The van der Waals surface area contributed by atoms with Gasteiger partial charge in [-0.15, -0.1) is 0 Å². The number of aromatic amines is 1. The molecule has 0 aliphatic carbocycles. The van der Waals surface area contributed by atoms with Crippen molar-refractivity contribution in [2.45, 2.75) is 0 Å². The van der Waals surface area contributed by atoms with Crippen molar-refractivity contribution in [2.75, 3.05) is 5.73 Å². The predicted molar refractivity (Wildman–Crippen MR) is 77.7 cm³/mol. The average Bonchev–Trinajstić information content (AvgIpc) is 2.77. The lowest BCUT2D eigenvalue weighted by Crippen LogP contribution is -1.81. The number of aromatic nitrogens is 1. The van der Waals surface area contributed by atoms with Crippen LogP contribution in [0.1, 0.15) is 0 Å². The smallest absolute Gasteiger partial charge is 0.0544 e. The Kier molecular flexibility index (Phi) is 1.73. The van der Waals surface area contributed by atoms with Gasteiger partial charge in [-0.1, -0.05) is 36.4 Å². The van der Waals surface area contributed by atoms with Gasteiger partial charge < -0.3 is 10.7 Å².